The number of sulfonamides is 1. The second-order valence-corrected chi connectivity index (χ2v) is 6.58. The van der Waals surface area contributed by atoms with E-state index in [-0.39, 0.29) is 0 Å². The molecule has 1 N–H and O–H groups in total. The zero-order valence-electron chi connectivity index (χ0n) is 11.9. The van der Waals surface area contributed by atoms with Gasteiger partial charge in [-0.2, -0.15) is 0 Å². The first-order valence-electron chi connectivity index (χ1n) is 6.51. The number of nitrogens with zero attached hydrogens (tertiary/aromatic N) is 2. The van der Waals surface area contributed by atoms with E-state index >= 15 is 0 Å². The molecule has 0 atom stereocenters. The molecule has 6 heteroatoms. The van der Waals surface area contributed by atoms with E-state index in [1.54, 1.807) is 0 Å². The lowest BCUT2D eigenvalue weighted by Crippen LogP contribution is -2.32. The summed E-state index contributed by atoms with van der Waals surface area (Å²) < 4.78 is 24.2. The first-order valence-corrected chi connectivity index (χ1v) is 8.35. The van der Waals surface area contributed by atoms with Gasteiger partial charge in [0.25, 0.3) is 0 Å². The molecule has 1 aromatic rings. The van der Waals surface area contributed by atoms with E-state index in [4.69, 9.17) is 0 Å². The molecule has 0 amide bonds. The molecule has 0 saturated carbocycles. The molecule has 0 fully saturated rings. The minimum absolute atomic E-state index is 0.528. The van der Waals surface area contributed by atoms with Crippen LogP contribution in [-0.4, -0.2) is 43.6 Å². The van der Waals surface area contributed by atoms with Crippen molar-refractivity contribution < 1.29 is 8.42 Å². The van der Waals surface area contributed by atoms with Crippen LogP contribution in [0.1, 0.15) is 24.6 Å². The van der Waals surface area contributed by atoms with Crippen LogP contribution in [0.5, 0.6) is 0 Å². The van der Waals surface area contributed by atoms with Crippen LogP contribution in [0.25, 0.3) is 0 Å². The van der Waals surface area contributed by atoms with Gasteiger partial charge < -0.3 is 5.32 Å². The Bertz CT molecular complexity index is 471. The monoisotopic (exact) mass is 285 g/mol. The molecule has 0 radical (unpaired) electrons. The lowest BCUT2D eigenvalue weighted by molar-refractivity contribution is 0.419. The van der Waals surface area contributed by atoms with Crippen molar-refractivity contribution in [3.8, 4) is 0 Å². The predicted molar refractivity (Wildman–Crippen MR) is 77.4 cm³/mol. The summed E-state index contributed by atoms with van der Waals surface area (Å²) in [6.07, 6.45) is 3.92. The lowest BCUT2D eigenvalue weighted by atomic mass is 10.2. The van der Waals surface area contributed by atoms with Crippen molar-refractivity contribution in [3.05, 3.63) is 29.6 Å². The first kappa shape index (κ1) is 16.1. The van der Waals surface area contributed by atoms with Crippen molar-refractivity contribution in [3.63, 3.8) is 0 Å². The van der Waals surface area contributed by atoms with Gasteiger partial charge in [-0.25, -0.2) is 12.7 Å². The molecule has 19 heavy (non-hydrogen) atoms. The van der Waals surface area contributed by atoms with Gasteiger partial charge in [0.05, 0.1) is 6.26 Å². The van der Waals surface area contributed by atoms with Crippen molar-refractivity contribution in [2.75, 3.05) is 25.9 Å². The fraction of sp³-hybridized carbons (Fsp3) is 0.615. The van der Waals surface area contributed by atoms with E-state index in [0.717, 1.165) is 30.8 Å². The Kier molecular flexibility index (Phi) is 6.41. The first-order chi connectivity index (χ1) is 8.93. The van der Waals surface area contributed by atoms with Crippen LogP contribution in [0.2, 0.25) is 0 Å². The summed E-state index contributed by atoms with van der Waals surface area (Å²) in [6, 6.07) is 4.03. The van der Waals surface area contributed by atoms with E-state index in [1.807, 2.05) is 32.2 Å². The summed E-state index contributed by atoms with van der Waals surface area (Å²) in [5, 5.41) is 3.29. The number of nitrogens with one attached hydrogen (secondary N) is 1. The Labute approximate surface area is 116 Å². The molecule has 0 unspecified atom stereocenters. The highest BCUT2D eigenvalue weighted by atomic mass is 32.2. The molecule has 0 bridgehead atoms. The van der Waals surface area contributed by atoms with E-state index in [1.165, 1.54) is 10.6 Å². The number of rotatable bonds is 8. The zero-order valence-corrected chi connectivity index (χ0v) is 12.7. The summed E-state index contributed by atoms with van der Waals surface area (Å²) in [4.78, 5) is 4.22. The third-order valence-corrected chi connectivity index (χ3v) is 4.26. The maximum atomic E-state index is 11.4. The van der Waals surface area contributed by atoms with Gasteiger partial charge in [-0.3, -0.25) is 4.98 Å². The molecule has 0 aliphatic rings. The minimum Gasteiger partial charge on any atom is -0.313 e. The van der Waals surface area contributed by atoms with Gasteiger partial charge in [0.2, 0.25) is 10.0 Å². The van der Waals surface area contributed by atoms with Crippen molar-refractivity contribution in [1.29, 1.82) is 0 Å². The van der Waals surface area contributed by atoms with Gasteiger partial charge in [-0.05, 0) is 31.5 Å². The zero-order chi connectivity index (χ0) is 14.3. The quantitative estimate of drug-likeness (QED) is 0.728. The highest BCUT2D eigenvalue weighted by Gasteiger charge is 2.12. The fourth-order valence-corrected chi connectivity index (χ4v) is 2.70. The van der Waals surface area contributed by atoms with Crippen molar-refractivity contribution in [1.82, 2.24) is 14.6 Å². The molecule has 0 aliphatic heterocycles. The molecule has 1 rings (SSSR count). The fourth-order valence-electron chi connectivity index (χ4n) is 1.77. The Morgan fingerprint density at radius 3 is 2.63 bits per heavy atom. The normalized spacial score (nSPS) is 12.0. The van der Waals surface area contributed by atoms with Crippen molar-refractivity contribution >= 4 is 10.0 Å². The van der Waals surface area contributed by atoms with Gasteiger partial charge in [0.1, 0.15) is 0 Å². The number of aromatic nitrogens is 1. The highest BCUT2D eigenvalue weighted by molar-refractivity contribution is 7.88. The molecule has 1 aromatic heterocycles. The van der Waals surface area contributed by atoms with Gasteiger partial charge in [-0.1, -0.05) is 13.0 Å². The number of hydrogen-bond acceptors (Lipinski definition) is 4. The Morgan fingerprint density at radius 1 is 1.37 bits per heavy atom. The average Bonchev–Trinajstić information content (AvgIpc) is 2.34. The van der Waals surface area contributed by atoms with E-state index < -0.39 is 10.0 Å². The second-order valence-electron chi connectivity index (χ2n) is 4.59. The van der Waals surface area contributed by atoms with Crippen LogP contribution < -0.4 is 5.32 Å². The predicted octanol–water partition coefficient (Wildman–Crippen LogP) is 1.15. The highest BCUT2D eigenvalue weighted by Crippen LogP contribution is 2.00. The van der Waals surface area contributed by atoms with Crippen LogP contribution in [-0.2, 0) is 16.6 Å². The summed E-state index contributed by atoms with van der Waals surface area (Å²) in [7, 11) is -3.06. The minimum atomic E-state index is -3.06. The number of aryl methyl sites for hydroxylation is 1. The summed E-state index contributed by atoms with van der Waals surface area (Å²) in [6.45, 7) is 6.46. The average molecular weight is 285 g/mol. The van der Waals surface area contributed by atoms with Crippen LogP contribution in [0.4, 0.5) is 0 Å². The Hall–Kier alpha value is -0.980. The standard InChI is InChI=1S/C13H23N3O2S/c1-4-16(19(3,17)18)9-5-8-14-10-13-7-6-12(2)15-11-13/h6-7,11,14H,4-5,8-10H2,1-3H3. The Balaban J connectivity index is 2.22. The molecule has 108 valence electrons. The maximum Gasteiger partial charge on any atom is 0.211 e. The summed E-state index contributed by atoms with van der Waals surface area (Å²) in [5.74, 6) is 0. The Morgan fingerprint density at radius 2 is 2.11 bits per heavy atom. The third kappa shape index (κ3) is 6.13. The molecule has 0 spiro atoms. The lowest BCUT2D eigenvalue weighted by Gasteiger charge is -2.17. The summed E-state index contributed by atoms with van der Waals surface area (Å²) in [5.41, 5.74) is 2.15. The van der Waals surface area contributed by atoms with E-state index in [0.29, 0.717) is 13.1 Å². The van der Waals surface area contributed by atoms with Crippen LogP contribution in [0.3, 0.4) is 0 Å². The number of pyridine rings is 1. The van der Waals surface area contributed by atoms with Crippen LogP contribution >= 0.6 is 0 Å². The van der Waals surface area contributed by atoms with Gasteiger partial charge in [-0.15, -0.1) is 0 Å². The molecule has 5 nitrogen and oxygen atoms in total. The molecular formula is C13H23N3O2S. The van der Waals surface area contributed by atoms with Gasteiger partial charge >= 0.3 is 0 Å². The number of hydrogen-bond donors (Lipinski definition) is 1. The van der Waals surface area contributed by atoms with Crippen LogP contribution in [0.15, 0.2) is 18.3 Å². The molecule has 0 aromatic carbocycles. The largest absolute Gasteiger partial charge is 0.313 e. The second kappa shape index (κ2) is 7.57. The van der Waals surface area contributed by atoms with Gasteiger partial charge in [0, 0.05) is 31.5 Å². The van der Waals surface area contributed by atoms with Gasteiger partial charge in [0.15, 0.2) is 0 Å². The molecule has 1 heterocycles. The maximum absolute atomic E-state index is 11.4. The third-order valence-electron chi connectivity index (χ3n) is 2.88. The molecule has 0 saturated heterocycles. The molecule has 0 aliphatic carbocycles. The topological polar surface area (TPSA) is 62.3 Å². The van der Waals surface area contributed by atoms with E-state index in [2.05, 4.69) is 10.3 Å². The van der Waals surface area contributed by atoms with Crippen LogP contribution in [0, 0.1) is 6.92 Å². The smallest absolute Gasteiger partial charge is 0.211 e. The molecular weight excluding hydrogens is 262 g/mol. The van der Waals surface area contributed by atoms with Crippen molar-refractivity contribution in [2.45, 2.75) is 26.8 Å². The SMILES string of the molecule is CCN(CCCNCc1ccc(C)nc1)S(C)(=O)=O. The van der Waals surface area contributed by atoms with Crippen molar-refractivity contribution in [2.24, 2.45) is 0 Å². The summed E-state index contributed by atoms with van der Waals surface area (Å²) >= 11 is 0. The van der Waals surface area contributed by atoms with E-state index in [9.17, 15) is 8.42 Å².